The van der Waals surface area contributed by atoms with E-state index in [9.17, 15) is 0 Å². The highest BCUT2D eigenvalue weighted by Gasteiger charge is 2.27. The van der Waals surface area contributed by atoms with E-state index in [1.807, 2.05) is 55.6 Å². The number of fused-ring (bicyclic) bond motifs is 8. The summed E-state index contributed by atoms with van der Waals surface area (Å²) in [7, 11) is 2.05. The van der Waals surface area contributed by atoms with Crippen LogP contribution in [0, 0.1) is 20.4 Å². The Bertz CT molecular complexity index is 2050. The van der Waals surface area contributed by atoms with Crippen molar-refractivity contribution in [2.24, 2.45) is 7.05 Å². The summed E-state index contributed by atoms with van der Waals surface area (Å²) in [5.41, 5.74) is 8.31. The molecule has 3 heterocycles. The van der Waals surface area contributed by atoms with E-state index in [0.29, 0.717) is 5.69 Å². The van der Waals surface area contributed by atoms with Crippen LogP contribution in [0.1, 0.15) is 11.1 Å². The van der Waals surface area contributed by atoms with Crippen LogP contribution in [0.25, 0.3) is 70.8 Å². The molecule has 4 heteroatoms. The Hall–Kier alpha value is -4.62. The van der Waals surface area contributed by atoms with Crippen LogP contribution in [0.4, 0.5) is 5.69 Å². The Morgan fingerprint density at radius 1 is 0.743 bits per heavy atom. The lowest BCUT2D eigenvalue weighted by Gasteiger charge is -2.11. The third-order valence-corrected chi connectivity index (χ3v) is 7.29. The van der Waals surface area contributed by atoms with Crippen LogP contribution in [0.15, 0.2) is 81.8 Å². The first-order chi connectivity index (χ1) is 17.1. The molecule has 0 aliphatic rings. The van der Waals surface area contributed by atoms with E-state index in [1.165, 1.54) is 5.56 Å². The van der Waals surface area contributed by atoms with E-state index in [4.69, 9.17) is 15.4 Å². The molecule has 3 aromatic heterocycles. The first kappa shape index (κ1) is 19.8. The molecule has 4 nitrogen and oxygen atoms in total. The Labute approximate surface area is 201 Å². The summed E-state index contributed by atoms with van der Waals surface area (Å²) in [5.74, 6) is 0. The Morgan fingerprint density at radius 2 is 1.43 bits per heavy atom. The van der Waals surface area contributed by atoms with Crippen LogP contribution in [-0.4, -0.2) is 0 Å². The molecule has 166 valence electrons. The molecule has 0 N–H and O–H groups in total. The fraction of sp³-hybridized carbons (Fsp3) is 0.0968. The van der Waals surface area contributed by atoms with Crippen molar-refractivity contribution in [3.8, 4) is 11.3 Å². The van der Waals surface area contributed by atoms with Crippen LogP contribution in [0.2, 0.25) is 0 Å². The molecule has 0 aliphatic heterocycles. The van der Waals surface area contributed by atoms with Crippen LogP contribution in [0.3, 0.4) is 0 Å². The van der Waals surface area contributed by atoms with Crippen molar-refractivity contribution in [2.75, 3.05) is 0 Å². The summed E-state index contributed by atoms with van der Waals surface area (Å²) >= 11 is 0. The van der Waals surface area contributed by atoms with Gasteiger partial charge in [-0.1, -0.05) is 36.4 Å². The largest absolute Gasteiger partial charge is 0.457 e. The first-order valence-electron chi connectivity index (χ1n) is 11.6. The first-order valence-corrected chi connectivity index (χ1v) is 11.6. The number of benzene rings is 4. The lowest BCUT2D eigenvalue weighted by atomic mass is 9.93. The minimum Gasteiger partial charge on any atom is -0.457 e. The number of aromatic nitrogens is 1. The van der Waals surface area contributed by atoms with Gasteiger partial charge in [-0.25, -0.2) is 9.41 Å². The fourth-order valence-corrected chi connectivity index (χ4v) is 5.48. The molecule has 0 saturated carbocycles. The highest BCUT2D eigenvalue weighted by atomic mass is 16.3. The molecule has 7 aromatic rings. The summed E-state index contributed by atoms with van der Waals surface area (Å²) in [4.78, 5) is 3.93. The monoisotopic (exact) mass is 453 g/mol. The second-order valence-corrected chi connectivity index (χ2v) is 9.21. The Balaban J connectivity index is 1.71. The zero-order chi connectivity index (χ0) is 23.8. The fourth-order valence-electron chi connectivity index (χ4n) is 5.48. The van der Waals surface area contributed by atoms with Crippen molar-refractivity contribution in [1.29, 1.82) is 0 Å². The van der Waals surface area contributed by atoms with Crippen LogP contribution in [-0.2, 0) is 7.05 Å². The molecule has 0 fully saturated rings. The van der Waals surface area contributed by atoms with E-state index >= 15 is 0 Å². The quantitative estimate of drug-likeness (QED) is 0.185. The maximum absolute atomic E-state index is 7.98. The number of rotatable bonds is 1. The topological polar surface area (TPSA) is 34.5 Å². The molecule has 0 saturated heterocycles. The highest BCUT2D eigenvalue weighted by Crippen LogP contribution is 2.45. The van der Waals surface area contributed by atoms with E-state index in [1.54, 1.807) is 0 Å². The molecule has 0 amide bonds. The minimum absolute atomic E-state index is 0.594. The third kappa shape index (κ3) is 2.58. The summed E-state index contributed by atoms with van der Waals surface area (Å²) < 4.78 is 14.9. The van der Waals surface area contributed by atoms with Crippen molar-refractivity contribution in [3.05, 3.63) is 95.5 Å². The van der Waals surface area contributed by atoms with E-state index in [0.717, 1.165) is 71.5 Å². The van der Waals surface area contributed by atoms with Gasteiger partial charge in [-0.15, -0.1) is 0 Å². The number of aryl methyl sites for hydroxylation is 2. The van der Waals surface area contributed by atoms with E-state index < -0.39 is 0 Å². The lowest BCUT2D eigenvalue weighted by molar-refractivity contribution is -0.659. The van der Waals surface area contributed by atoms with E-state index in [2.05, 4.69) is 47.7 Å². The maximum Gasteiger partial charge on any atom is 0.223 e. The molecule has 0 unspecified atom stereocenters. The molecule has 0 spiro atoms. The molecule has 4 aromatic carbocycles. The van der Waals surface area contributed by atoms with Crippen molar-refractivity contribution >= 4 is 60.3 Å². The Morgan fingerprint density at radius 3 is 2.20 bits per heavy atom. The number of nitrogens with zero attached hydrogens (tertiary/aromatic N) is 2. The van der Waals surface area contributed by atoms with Gasteiger partial charge >= 0.3 is 0 Å². The van der Waals surface area contributed by atoms with Gasteiger partial charge in [-0.2, -0.15) is 0 Å². The van der Waals surface area contributed by atoms with Crippen LogP contribution >= 0.6 is 0 Å². The summed E-state index contributed by atoms with van der Waals surface area (Å²) in [6.45, 7) is 12.3. The smallest absolute Gasteiger partial charge is 0.223 e. The molecule has 35 heavy (non-hydrogen) atoms. The van der Waals surface area contributed by atoms with Gasteiger partial charge in [0.05, 0.1) is 12.1 Å². The molecular weight excluding hydrogens is 432 g/mol. The highest BCUT2D eigenvalue weighted by molar-refractivity contribution is 6.23. The van der Waals surface area contributed by atoms with E-state index in [-0.39, 0.29) is 0 Å². The normalized spacial score (nSPS) is 11.8. The number of hydrogen-bond donors (Lipinski definition) is 0. The zero-order valence-electron chi connectivity index (χ0n) is 19.6. The van der Waals surface area contributed by atoms with Crippen LogP contribution < -0.4 is 4.57 Å². The SMILES string of the molecule is [C-]#[N+]c1cc2c(-c3c(C)c(C)cc4c3oc3ccccc34)[n+](C)ccc2c2oc3ccccc3c12. The standard InChI is InChI=1S/C31H21N2O2/c1-17-15-23-19-9-5-7-11-25(19)34-31(23)27(18(17)2)29-22-16-24(32-3)28-21-10-6-8-12-26(21)35-30(28)20(22)13-14-33(29)4/h5-16H,1-2,4H3/q+1. The van der Waals surface area contributed by atoms with Gasteiger partial charge in [0.2, 0.25) is 5.69 Å². The number of para-hydroxylation sites is 2. The summed E-state index contributed by atoms with van der Waals surface area (Å²) in [6, 6.07) is 22.4. The average Bonchev–Trinajstić information content (AvgIpc) is 3.44. The molecule has 0 atom stereocenters. The molecular formula is C31H21N2O2+. The summed E-state index contributed by atoms with van der Waals surface area (Å²) in [5, 5.41) is 6.02. The minimum atomic E-state index is 0.594. The van der Waals surface area contributed by atoms with Gasteiger partial charge in [0.1, 0.15) is 29.4 Å². The van der Waals surface area contributed by atoms with Crippen molar-refractivity contribution in [2.45, 2.75) is 13.8 Å². The van der Waals surface area contributed by atoms with Gasteiger partial charge in [-0.3, -0.25) is 0 Å². The number of hydrogen-bond acceptors (Lipinski definition) is 2. The van der Waals surface area contributed by atoms with Gasteiger partial charge in [0, 0.05) is 38.4 Å². The van der Waals surface area contributed by atoms with Crippen molar-refractivity contribution < 1.29 is 13.4 Å². The average molecular weight is 454 g/mol. The molecule has 0 bridgehead atoms. The van der Waals surface area contributed by atoms with Crippen LogP contribution in [0.5, 0.6) is 0 Å². The van der Waals surface area contributed by atoms with Gasteiger partial charge in [0.15, 0.2) is 11.9 Å². The van der Waals surface area contributed by atoms with Gasteiger partial charge < -0.3 is 8.83 Å². The molecule has 7 rings (SSSR count). The number of furan rings is 2. The predicted molar refractivity (Wildman–Crippen MR) is 141 cm³/mol. The lowest BCUT2D eigenvalue weighted by Crippen LogP contribution is -2.30. The number of pyridine rings is 1. The second-order valence-electron chi connectivity index (χ2n) is 9.21. The second kappa shape index (κ2) is 6.94. The third-order valence-electron chi connectivity index (χ3n) is 7.29. The molecule has 0 aliphatic carbocycles. The zero-order valence-corrected chi connectivity index (χ0v) is 19.6. The van der Waals surface area contributed by atoms with Gasteiger partial charge in [0.25, 0.3) is 0 Å². The predicted octanol–water partition coefficient (Wildman–Crippen LogP) is 8.30. The maximum atomic E-state index is 7.98. The Kier molecular flexibility index (Phi) is 3.93. The molecule has 0 radical (unpaired) electrons. The van der Waals surface area contributed by atoms with Crippen molar-refractivity contribution in [1.82, 2.24) is 0 Å². The van der Waals surface area contributed by atoms with Gasteiger partial charge in [-0.05, 0) is 49.2 Å². The summed E-state index contributed by atoms with van der Waals surface area (Å²) in [6.07, 6.45) is 2.07. The van der Waals surface area contributed by atoms with Crippen molar-refractivity contribution in [3.63, 3.8) is 0 Å².